The van der Waals surface area contributed by atoms with Gasteiger partial charge in [0.25, 0.3) is 0 Å². The molecule has 0 aromatic heterocycles. The lowest BCUT2D eigenvalue weighted by Gasteiger charge is -2.49. The van der Waals surface area contributed by atoms with Crippen LogP contribution in [-0.4, -0.2) is 12.6 Å². The molecule has 1 fully saturated rings. The Morgan fingerprint density at radius 1 is 1.57 bits per heavy atom. The van der Waals surface area contributed by atoms with Gasteiger partial charge in [0.15, 0.2) is 0 Å². The first kappa shape index (κ1) is 11.5. The van der Waals surface area contributed by atoms with Crippen LogP contribution in [0, 0.1) is 17.3 Å². The zero-order valence-electron chi connectivity index (χ0n) is 9.80. The summed E-state index contributed by atoms with van der Waals surface area (Å²) in [6.07, 6.45) is 3.65. The van der Waals surface area contributed by atoms with E-state index in [0.717, 1.165) is 18.3 Å². The van der Waals surface area contributed by atoms with Crippen molar-refractivity contribution in [1.29, 1.82) is 0 Å². The van der Waals surface area contributed by atoms with Crippen molar-refractivity contribution < 1.29 is 9.53 Å². The molecular weight excluding hydrogens is 176 g/mol. The van der Waals surface area contributed by atoms with E-state index in [4.69, 9.17) is 4.74 Å². The fraction of sp³-hybridized carbons (Fsp3) is 0.917. The van der Waals surface area contributed by atoms with Crippen molar-refractivity contribution in [3.05, 3.63) is 0 Å². The first-order chi connectivity index (χ1) is 6.46. The van der Waals surface area contributed by atoms with Crippen LogP contribution in [-0.2, 0) is 9.53 Å². The zero-order valence-corrected chi connectivity index (χ0v) is 9.80. The van der Waals surface area contributed by atoms with Crippen molar-refractivity contribution in [2.75, 3.05) is 6.61 Å². The first-order valence-corrected chi connectivity index (χ1v) is 5.59. The summed E-state index contributed by atoms with van der Waals surface area (Å²) in [5.74, 6) is 1.41. The van der Waals surface area contributed by atoms with Crippen LogP contribution in [0.3, 0.4) is 0 Å². The minimum absolute atomic E-state index is 0.158. The van der Waals surface area contributed by atoms with E-state index in [0.29, 0.717) is 12.0 Å². The highest BCUT2D eigenvalue weighted by Gasteiger charge is 2.43. The Bertz CT molecular complexity index is 210. The molecule has 14 heavy (non-hydrogen) atoms. The Morgan fingerprint density at radius 2 is 2.21 bits per heavy atom. The summed E-state index contributed by atoms with van der Waals surface area (Å²) in [6.45, 7) is 8.96. The van der Waals surface area contributed by atoms with E-state index < -0.39 is 0 Å². The van der Waals surface area contributed by atoms with Crippen LogP contribution in [0.5, 0.6) is 0 Å². The largest absolute Gasteiger partial charge is 0.466 e. The molecule has 0 unspecified atom stereocenters. The number of hydrogen-bond acceptors (Lipinski definition) is 2. The quantitative estimate of drug-likeness (QED) is 0.649. The fourth-order valence-electron chi connectivity index (χ4n) is 2.68. The Labute approximate surface area is 87.0 Å². The third kappa shape index (κ3) is 2.49. The molecule has 0 amide bonds. The summed E-state index contributed by atoms with van der Waals surface area (Å²) in [5.41, 5.74) is 0.420. The summed E-state index contributed by atoms with van der Waals surface area (Å²) < 4.78 is 5.00. The Morgan fingerprint density at radius 3 is 2.57 bits per heavy atom. The van der Waals surface area contributed by atoms with E-state index in [1.54, 1.807) is 0 Å². The van der Waals surface area contributed by atoms with Gasteiger partial charge >= 0.3 is 5.97 Å². The van der Waals surface area contributed by atoms with Gasteiger partial charge in [-0.25, -0.2) is 0 Å². The molecule has 2 nitrogen and oxygen atoms in total. The van der Waals surface area contributed by atoms with Crippen LogP contribution in [0.4, 0.5) is 0 Å². The van der Waals surface area contributed by atoms with Crippen LogP contribution in [0.1, 0.15) is 47.0 Å². The lowest BCUT2D eigenvalue weighted by Crippen LogP contribution is -2.41. The Balaban J connectivity index is 2.32. The third-order valence-corrected chi connectivity index (χ3v) is 3.70. The number of ether oxygens (including phenoxy) is 1. The van der Waals surface area contributed by atoms with Crippen molar-refractivity contribution in [1.82, 2.24) is 0 Å². The molecule has 0 aromatic rings. The molecule has 1 aliphatic carbocycles. The van der Waals surface area contributed by atoms with E-state index in [9.17, 15) is 4.79 Å². The van der Waals surface area contributed by atoms with Gasteiger partial charge in [-0.1, -0.05) is 20.8 Å². The molecule has 0 N–H and O–H groups in total. The van der Waals surface area contributed by atoms with E-state index in [1.165, 1.54) is 19.8 Å². The highest BCUT2D eigenvalue weighted by atomic mass is 16.5. The lowest BCUT2D eigenvalue weighted by molar-refractivity contribution is -0.142. The molecule has 1 aliphatic rings. The monoisotopic (exact) mass is 198 g/mol. The first-order valence-electron chi connectivity index (χ1n) is 5.59. The van der Waals surface area contributed by atoms with Gasteiger partial charge in [-0.2, -0.15) is 0 Å². The fourth-order valence-corrected chi connectivity index (χ4v) is 2.68. The van der Waals surface area contributed by atoms with Gasteiger partial charge in [0.05, 0.1) is 6.61 Å². The van der Waals surface area contributed by atoms with Crippen molar-refractivity contribution in [2.45, 2.75) is 47.0 Å². The lowest BCUT2D eigenvalue weighted by atomic mass is 9.56. The number of carbonyl (C=O) groups is 1. The molecule has 0 aromatic carbocycles. The molecule has 1 saturated carbocycles. The SMILES string of the molecule is CC(=O)OCC[C@]1(C)CC[C@H]1C(C)C. The average molecular weight is 198 g/mol. The molecule has 1 rings (SSSR count). The molecule has 0 saturated heterocycles. The number of esters is 1. The maximum Gasteiger partial charge on any atom is 0.302 e. The summed E-state index contributed by atoms with van der Waals surface area (Å²) in [4.78, 5) is 10.6. The summed E-state index contributed by atoms with van der Waals surface area (Å²) in [6, 6.07) is 0. The zero-order chi connectivity index (χ0) is 10.8. The number of rotatable bonds is 4. The van der Waals surface area contributed by atoms with E-state index in [1.807, 2.05) is 0 Å². The average Bonchev–Trinajstić information content (AvgIpc) is 2.00. The third-order valence-electron chi connectivity index (χ3n) is 3.70. The van der Waals surface area contributed by atoms with Gasteiger partial charge in [0.1, 0.15) is 0 Å². The topological polar surface area (TPSA) is 26.3 Å². The van der Waals surface area contributed by atoms with Gasteiger partial charge in [0, 0.05) is 6.92 Å². The molecule has 0 radical (unpaired) electrons. The highest BCUT2D eigenvalue weighted by molar-refractivity contribution is 5.65. The molecule has 2 atom stereocenters. The maximum atomic E-state index is 10.6. The van der Waals surface area contributed by atoms with Crippen molar-refractivity contribution >= 4 is 5.97 Å². The van der Waals surface area contributed by atoms with Gasteiger partial charge < -0.3 is 4.74 Å². The van der Waals surface area contributed by atoms with Crippen molar-refractivity contribution in [3.8, 4) is 0 Å². The minimum Gasteiger partial charge on any atom is -0.466 e. The number of carbonyl (C=O) groups excluding carboxylic acids is 1. The second-order valence-corrected chi connectivity index (χ2v) is 5.13. The summed E-state index contributed by atoms with van der Waals surface area (Å²) in [7, 11) is 0. The predicted molar refractivity (Wildman–Crippen MR) is 56.9 cm³/mol. The molecule has 0 bridgehead atoms. The maximum absolute atomic E-state index is 10.6. The Hall–Kier alpha value is -0.530. The minimum atomic E-state index is -0.158. The van der Waals surface area contributed by atoms with Crippen LogP contribution < -0.4 is 0 Å². The van der Waals surface area contributed by atoms with Crippen molar-refractivity contribution in [2.24, 2.45) is 17.3 Å². The van der Waals surface area contributed by atoms with Crippen LogP contribution in [0.25, 0.3) is 0 Å². The second-order valence-electron chi connectivity index (χ2n) is 5.13. The highest BCUT2D eigenvalue weighted by Crippen LogP contribution is 2.52. The van der Waals surface area contributed by atoms with E-state index in [2.05, 4.69) is 20.8 Å². The second kappa shape index (κ2) is 4.33. The van der Waals surface area contributed by atoms with Gasteiger partial charge in [-0.3, -0.25) is 4.79 Å². The Kier molecular flexibility index (Phi) is 3.57. The molecule has 82 valence electrons. The molecule has 2 heteroatoms. The standard InChI is InChI=1S/C12H22O2/c1-9(2)11-5-6-12(11,4)7-8-14-10(3)13/h9,11H,5-8H2,1-4H3/t11-,12-/m0/s1. The van der Waals surface area contributed by atoms with Gasteiger partial charge in [0.2, 0.25) is 0 Å². The van der Waals surface area contributed by atoms with Crippen LogP contribution in [0.15, 0.2) is 0 Å². The summed E-state index contributed by atoms with van der Waals surface area (Å²) >= 11 is 0. The molecule has 0 aliphatic heterocycles. The summed E-state index contributed by atoms with van der Waals surface area (Å²) in [5, 5.41) is 0. The van der Waals surface area contributed by atoms with Crippen LogP contribution in [0.2, 0.25) is 0 Å². The van der Waals surface area contributed by atoms with Gasteiger partial charge in [-0.15, -0.1) is 0 Å². The normalized spacial score (nSPS) is 31.4. The molecule has 0 spiro atoms. The van der Waals surface area contributed by atoms with E-state index >= 15 is 0 Å². The van der Waals surface area contributed by atoms with Crippen molar-refractivity contribution in [3.63, 3.8) is 0 Å². The van der Waals surface area contributed by atoms with Gasteiger partial charge in [-0.05, 0) is 36.5 Å². The van der Waals surface area contributed by atoms with Crippen LogP contribution >= 0.6 is 0 Å². The predicted octanol–water partition coefficient (Wildman–Crippen LogP) is 3.01. The number of hydrogen-bond donors (Lipinski definition) is 0. The molecule has 0 heterocycles. The molecular formula is C12H22O2. The smallest absolute Gasteiger partial charge is 0.302 e. The van der Waals surface area contributed by atoms with E-state index in [-0.39, 0.29) is 5.97 Å².